The first-order valence-corrected chi connectivity index (χ1v) is 42.8. The number of carbonyl (C=O) groups excluding carboxylic acids is 4. The average molecular weight is 1410 g/mol. The van der Waals surface area contributed by atoms with Crippen molar-refractivity contribution in [3.05, 3.63) is 0 Å². The van der Waals surface area contributed by atoms with Crippen molar-refractivity contribution < 1.29 is 80.2 Å². The van der Waals surface area contributed by atoms with Gasteiger partial charge in [0.1, 0.15) is 19.3 Å². The van der Waals surface area contributed by atoms with Gasteiger partial charge in [0.05, 0.1) is 26.4 Å². The highest BCUT2D eigenvalue weighted by Gasteiger charge is 2.30. The SMILES string of the molecule is CCC(C)CCCCCCCCCCCCCCCCC(=O)O[C@H](COC(=O)CCCCCCCCC(C)CC)COP(=O)(O)OC[C@H](O)COP(=O)(O)OC[C@@H](COC(=O)CCCCCCCCCCCCCCCC(C)C)OC(=O)CCCCCCCCCCCC(C)C. The van der Waals surface area contributed by atoms with Crippen LogP contribution >= 0.6 is 15.6 Å². The number of phosphoric ester groups is 2. The van der Waals surface area contributed by atoms with E-state index in [1.807, 2.05) is 0 Å². The summed E-state index contributed by atoms with van der Waals surface area (Å²) in [6.45, 7) is 14.2. The number of rotatable bonds is 74. The zero-order valence-corrected chi connectivity index (χ0v) is 64.8. The van der Waals surface area contributed by atoms with Crippen LogP contribution in [0.2, 0.25) is 0 Å². The predicted molar refractivity (Wildman–Crippen MR) is 391 cm³/mol. The van der Waals surface area contributed by atoms with Crippen LogP contribution in [0.4, 0.5) is 0 Å². The number of aliphatic hydroxyl groups excluding tert-OH is 1. The molecule has 0 spiro atoms. The van der Waals surface area contributed by atoms with E-state index in [0.717, 1.165) is 120 Å². The number of hydrogen-bond donors (Lipinski definition) is 3. The van der Waals surface area contributed by atoms with Gasteiger partial charge in [-0.15, -0.1) is 0 Å². The molecule has 0 aliphatic carbocycles. The van der Waals surface area contributed by atoms with Gasteiger partial charge in [-0.1, -0.05) is 338 Å². The number of aliphatic hydroxyl groups is 1. The van der Waals surface area contributed by atoms with E-state index in [-0.39, 0.29) is 25.7 Å². The lowest BCUT2D eigenvalue weighted by molar-refractivity contribution is -0.161. The minimum Gasteiger partial charge on any atom is -0.462 e. The Bertz CT molecular complexity index is 1890. The minimum absolute atomic E-state index is 0.105. The molecule has 0 rings (SSSR count). The van der Waals surface area contributed by atoms with E-state index >= 15 is 0 Å². The van der Waals surface area contributed by atoms with Gasteiger partial charge in [-0.2, -0.15) is 0 Å². The Morgan fingerprint density at radius 2 is 0.500 bits per heavy atom. The summed E-state index contributed by atoms with van der Waals surface area (Å²) in [4.78, 5) is 72.8. The number of ether oxygens (including phenoxy) is 4. The van der Waals surface area contributed by atoms with Gasteiger partial charge in [0.15, 0.2) is 12.2 Å². The zero-order valence-electron chi connectivity index (χ0n) is 63.0. The second-order valence-corrected chi connectivity index (χ2v) is 32.1. The lowest BCUT2D eigenvalue weighted by atomic mass is 9.99. The molecule has 0 saturated heterocycles. The molecular weight excluding hydrogens is 1260 g/mol. The Kier molecular flexibility index (Phi) is 65.0. The van der Waals surface area contributed by atoms with Gasteiger partial charge >= 0.3 is 39.5 Å². The van der Waals surface area contributed by atoms with E-state index in [1.54, 1.807) is 0 Å². The molecule has 0 bridgehead atoms. The second-order valence-electron chi connectivity index (χ2n) is 29.2. The summed E-state index contributed by atoms with van der Waals surface area (Å²) in [5.74, 6) is 0.984. The third-order valence-electron chi connectivity index (χ3n) is 18.5. The summed E-state index contributed by atoms with van der Waals surface area (Å²) in [5, 5.41) is 10.6. The molecule has 0 heterocycles. The number of esters is 4. The summed E-state index contributed by atoms with van der Waals surface area (Å²) >= 11 is 0. The van der Waals surface area contributed by atoms with E-state index in [0.29, 0.717) is 25.7 Å². The highest BCUT2D eigenvalue weighted by Crippen LogP contribution is 2.45. The molecule has 0 aromatic carbocycles. The highest BCUT2D eigenvalue weighted by atomic mass is 31.2. The van der Waals surface area contributed by atoms with E-state index in [9.17, 15) is 43.2 Å². The van der Waals surface area contributed by atoms with Gasteiger partial charge < -0.3 is 33.8 Å². The van der Waals surface area contributed by atoms with Crippen molar-refractivity contribution in [2.75, 3.05) is 39.6 Å². The molecule has 19 heteroatoms. The Morgan fingerprint density at radius 3 is 0.740 bits per heavy atom. The van der Waals surface area contributed by atoms with E-state index in [1.165, 1.54) is 186 Å². The number of unbranched alkanes of at least 4 members (excludes halogenated alkanes) is 38. The molecule has 96 heavy (non-hydrogen) atoms. The average Bonchev–Trinajstić information content (AvgIpc) is 1.94. The summed E-state index contributed by atoms with van der Waals surface area (Å²) < 4.78 is 68.6. The molecule has 0 aliphatic rings. The molecule has 0 amide bonds. The van der Waals surface area contributed by atoms with Crippen LogP contribution in [-0.4, -0.2) is 96.7 Å². The molecule has 570 valence electrons. The molecule has 0 aliphatic heterocycles. The molecule has 0 saturated carbocycles. The largest absolute Gasteiger partial charge is 0.472 e. The molecule has 0 aromatic rings. The first-order chi connectivity index (χ1) is 46.2. The van der Waals surface area contributed by atoms with Gasteiger partial charge in [0.2, 0.25) is 0 Å². The Labute approximate surface area is 588 Å². The van der Waals surface area contributed by atoms with E-state index < -0.39 is 97.5 Å². The maximum atomic E-state index is 13.1. The van der Waals surface area contributed by atoms with Crippen LogP contribution in [-0.2, 0) is 65.4 Å². The summed E-state index contributed by atoms with van der Waals surface area (Å²) in [6, 6.07) is 0. The maximum absolute atomic E-state index is 13.1. The van der Waals surface area contributed by atoms with Crippen LogP contribution in [0.1, 0.15) is 389 Å². The molecule has 0 radical (unpaired) electrons. The van der Waals surface area contributed by atoms with Crippen LogP contribution in [0.25, 0.3) is 0 Å². The van der Waals surface area contributed by atoms with Crippen molar-refractivity contribution in [1.29, 1.82) is 0 Å². The summed E-state index contributed by atoms with van der Waals surface area (Å²) in [7, 11) is -9.92. The van der Waals surface area contributed by atoms with Crippen molar-refractivity contribution >= 4 is 39.5 Å². The fraction of sp³-hybridized carbons (Fsp3) is 0.948. The zero-order chi connectivity index (χ0) is 71.0. The van der Waals surface area contributed by atoms with E-state index in [2.05, 4.69) is 55.4 Å². The minimum atomic E-state index is -4.96. The lowest BCUT2D eigenvalue weighted by Crippen LogP contribution is -2.30. The maximum Gasteiger partial charge on any atom is 0.472 e. The van der Waals surface area contributed by atoms with Gasteiger partial charge in [-0.05, 0) is 49.4 Å². The molecule has 4 unspecified atom stereocenters. The summed E-state index contributed by atoms with van der Waals surface area (Å²) in [6.07, 6.45) is 51.3. The Hall–Kier alpha value is -1.94. The van der Waals surface area contributed by atoms with Crippen molar-refractivity contribution in [2.45, 2.75) is 408 Å². The first kappa shape index (κ1) is 94.1. The molecule has 17 nitrogen and oxygen atoms in total. The third-order valence-corrected chi connectivity index (χ3v) is 20.4. The van der Waals surface area contributed by atoms with Gasteiger partial charge in [-0.25, -0.2) is 9.13 Å². The fourth-order valence-electron chi connectivity index (χ4n) is 11.7. The Morgan fingerprint density at radius 1 is 0.292 bits per heavy atom. The van der Waals surface area contributed by atoms with Crippen molar-refractivity contribution in [1.82, 2.24) is 0 Å². The normalized spacial score (nSPS) is 14.7. The smallest absolute Gasteiger partial charge is 0.462 e. The van der Waals surface area contributed by atoms with Crippen LogP contribution in [0.15, 0.2) is 0 Å². The quantitative estimate of drug-likeness (QED) is 0.0222. The predicted octanol–water partition coefficient (Wildman–Crippen LogP) is 22.4. The van der Waals surface area contributed by atoms with Gasteiger partial charge in [0.25, 0.3) is 0 Å². The lowest BCUT2D eigenvalue weighted by Gasteiger charge is -2.21. The van der Waals surface area contributed by atoms with Gasteiger partial charge in [0, 0.05) is 25.7 Å². The van der Waals surface area contributed by atoms with Crippen LogP contribution in [0.3, 0.4) is 0 Å². The molecule has 0 fully saturated rings. The molecule has 3 N–H and O–H groups in total. The molecular formula is C77H150O17P2. The number of phosphoric acid groups is 2. The van der Waals surface area contributed by atoms with Crippen LogP contribution in [0.5, 0.6) is 0 Å². The third kappa shape index (κ3) is 67.9. The van der Waals surface area contributed by atoms with Crippen LogP contribution in [0, 0.1) is 23.7 Å². The van der Waals surface area contributed by atoms with Crippen molar-refractivity contribution in [2.24, 2.45) is 23.7 Å². The number of hydrogen-bond acceptors (Lipinski definition) is 15. The second kappa shape index (κ2) is 66.3. The molecule has 7 atom stereocenters. The van der Waals surface area contributed by atoms with Crippen LogP contribution < -0.4 is 0 Å². The van der Waals surface area contributed by atoms with Crippen molar-refractivity contribution in [3.8, 4) is 0 Å². The number of carbonyl (C=O) groups is 4. The van der Waals surface area contributed by atoms with E-state index in [4.69, 9.17) is 37.0 Å². The summed E-state index contributed by atoms with van der Waals surface area (Å²) in [5.41, 5.74) is 0. The van der Waals surface area contributed by atoms with Gasteiger partial charge in [-0.3, -0.25) is 37.3 Å². The fourth-order valence-corrected chi connectivity index (χ4v) is 13.2. The molecule has 0 aromatic heterocycles. The topological polar surface area (TPSA) is 237 Å². The first-order valence-electron chi connectivity index (χ1n) is 39.8. The monoisotopic (exact) mass is 1410 g/mol. The highest BCUT2D eigenvalue weighted by molar-refractivity contribution is 7.47. The standard InChI is InChI=1S/C77H150O17P2/c1-9-69(7)55-47-39-31-25-19-15-11-12-16-21-27-33-43-51-59-76(81)94-73(64-88-75(80)58-50-42-36-35-40-48-56-70(8)10-2)66-92-96(85,86)90-62-71(78)61-89-95(83,84)91-65-72(93-77(82)60-52-44-34-28-22-24-30-38-46-54-68(5)6)63-87-74(79)57-49-41-32-26-20-17-13-14-18-23-29-37-45-53-67(3)4/h67-73,78H,9-66H2,1-8H3,(H,83,84)(H,85,86)/t69?,70?,71-,72-,73-/m1/s1. The van der Waals surface area contributed by atoms with Crippen molar-refractivity contribution in [3.63, 3.8) is 0 Å². The Balaban J connectivity index is 5.23.